The molecule has 0 radical (unpaired) electrons. The Labute approximate surface area is 162 Å². The first-order chi connectivity index (χ1) is 13.6. The minimum absolute atomic E-state index is 0.159. The molecular formula is C19H16F4N2O4. The first-order valence-corrected chi connectivity index (χ1v) is 8.31. The Morgan fingerprint density at radius 1 is 0.897 bits per heavy atom. The third-order valence-corrected chi connectivity index (χ3v) is 3.62. The number of ether oxygens (including phenoxy) is 1. The van der Waals surface area contributed by atoms with Crippen LogP contribution in [0, 0.1) is 5.82 Å². The van der Waals surface area contributed by atoms with E-state index in [1.54, 1.807) is 0 Å². The minimum atomic E-state index is -4.54. The highest BCUT2D eigenvalue weighted by Crippen LogP contribution is 2.31. The molecule has 0 bridgehead atoms. The molecule has 0 fully saturated rings. The number of carbonyl (C=O) groups excluding carboxylic acids is 3. The molecule has 0 aliphatic heterocycles. The van der Waals surface area contributed by atoms with Crippen LogP contribution in [0.3, 0.4) is 0 Å². The van der Waals surface area contributed by atoms with Crippen molar-refractivity contribution in [3.05, 3.63) is 65.5 Å². The number of halogens is 4. The van der Waals surface area contributed by atoms with Gasteiger partial charge in [0.05, 0.1) is 5.56 Å². The van der Waals surface area contributed by atoms with Crippen LogP contribution in [0.15, 0.2) is 48.5 Å². The molecule has 10 heteroatoms. The summed E-state index contributed by atoms with van der Waals surface area (Å²) in [5.74, 6) is -2.49. The molecule has 0 aliphatic carbocycles. The number of carbonyl (C=O) groups is 3. The van der Waals surface area contributed by atoms with Gasteiger partial charge >= 0.3 is 6.18 Å². The molecule has 0 spiro atoms. The highest BCUT2D eigenvalue weighted by molar-refractivity contribution is 5.98. The van der Waals surface area contributed by atoms with Gasteiger partial charge in [0.25, 0.3) is 5.91 Å². The highest BCUT2D eigenvalue weighted by atomic mass is 19.4. The van der Waals surface area contributed by atoms with E-state index in [1.165, 1.54) is 18.2 Å². The van der Waals surface area contributed by atoms with Gasteiger partial charge in [-0.15, -0.1) is 0 Å². The van der Waals surface area contributed by atoms with E-state index in [0.717, 1.165) is 30.3 Å². The van der Waals surface area contributed by atoms with Crippen LogP contribution >= 0.6 is 0 Å². The molecule has 2 aromatic rings. The van der Waals surface area contributed by atoms with E-state index < -0.39 is 36.0 Å². The van der Waals surface area contributed by atoms with Crippen molar-refractivity contribution in [2.75, 3.05) is 6.61 Å². The van der Waals surface area contributed by atoms with Gasteiger partial charge in [0.1, 0.15) is 11.6 Å². The average molecular weight is 412 g/mol. The second kappa shape index (κ2) is 9.67. The summed E-state index contributed by atoms with van der Waals surface area (Å²) in [5.41, 5.74) is 3.41. The summed E-state index contributed by atoms with van der Waals surface area (Å²) in [6.07, 6.45) is -4.93. The lowest BCUT2D eigenvalue weighted by Crippen LogP contribution is -2.43. The summed E-state index contributed by atoms with van der Waals surface area (Å²) >= 11 is 0. The number of hydrogen-bond donors (Lipinski definition) is 2. The van der Waals surface area contributed by atoms with Crippen molar-refractivity contribution in [2.24, 2.45) is 0 Å². The lowest BCUT2D eigenvalue weighted by atomic mass is 10.1. The summed E-state index contributed by atoms with van der Waals surface area (Å²) < 4.78 is 55.6. The molecule has 2 aromatic carbocycles. The predicted octanol–water partition coefficient (Wildman–Crippen LogP) is 3.03. The predicted molar refractivity (Wildman–Crippen MR) is 93.2 cm³/mol. The third kappa shape index (κ3) is 7.24. The Bertz CT molecular complexity index is 883. The van der Waals surface area contributed by atoms with Gasteiger partial charge < -0.3 is 4.74 Å². The Hall–Kier alpha value is -3.43. The maximum absolute atomic E-state index is 12.8. The Balaban J connectivity index is 1.71. The molecule has 0 aromatic heterocycles. The average Bonchev–Trinajstić information content (AvgIpc) is 2.69. The summed E-state index contributed by atoms with van der Waals surface area (Å²) in [6, 6.07) is 8.83. The normalized spacial score (nSPS) is 10.9. The molecule has 154 valence electrons. The SMILES string of the molecule is O=C(CCC(=O)c1ccc(F)cc1)NNC(=O)COc1cccc(C(F)(F)F)c1. The molecule has 29 heavy (non-hydrogen) atoms. The van der Waals surface area contributed by atoms with Gasteiger partial charge in [-0.1, -0.05) is 6.07 Å². The van der Waals surface area contributed by atoms with Gasteiger partial charge in [-0.05, 0) is 42.5 Å². The summed E-state index contributed by atoms with van der Waals surface area (Å²) in [7, 11) is 0. The standard InChI is InChI=1S/C19H16F4N2O4/c20-14-6-4-12(5-7-14)16(26)8-9-17(27)24-25-18(28)11-29-15-3-1-2-13(10-15)19(21,22)23/h1-7,10H,8-9,11H2,(H,24,27)(H,25,28). The number of Topliss-reactive ketones (excluding diaryl/α,β-unsaturated/α-hetero) is 1. The number of amides is 2. The lowest BCUT2D eigenvalue weighted by Gasteiger charge is -2.11. The number of nitrogens with one attached hydrogen (secondary N) is 2. The zero-order valence-electron chi connectivity index (χ0n) is 14.9. The fourth-order valence-electron chi connectivity index (χ4n) is 2.16. The van der Waals surface area contributed by atoms with Crippen LogP contribution in [0.5, 0.6) is 5.75 Å². The van der Waals surface area contributed by atoms with Crippen LogP contribution in [-0.2, 0) is 15.8 Å². The molecule has 0 unspecified atom stereocenters. The quantitative estimate of drug-likeness (QED) is 0.416. The Kier molecular flexibility index (Phi) is 7.29. The maximum Gasteiger partial charge on any atom is 0.416 e. The Morgan fingerprint density at radius 2 is 1.55 bits per heavy atom. The molecule has 0 aliphatic rings. The third-order valence-electron chi connectivity index (χ3n) is 3.62. The van der Waals surface area contributed by atoms with Crippen molar-refractivity contribution in [2.45, 2.75) is 19.0 Å². The Morgan fingerprint density at radius 3 is 2.21 bits per heavy atom. The van der Waals surface area contributed by atoms with Crippen molar-refractivity contribution in [3.63, 3.8) is 0 Å². The molecule has 2 amide bonds. The molecular weight excluding hydrogens is 396 g/mol. The van der Waals surface area contributed by atoms with Gasteiger partial charge in [0.15, 0.2) is 12.4 Å². The first-order valence-electron chi connectivity index (χ1n) is 8.31. The second-order valence-electron chi connectivity index (χ2n) is 5.84. The molecule has 6 nitrogen and oxygen atoms in total. The summed E-state index contributed by atoms with van der Waals surface area (Å²) in [5, 5.41) is 0. The minimum Gasteiger partial charge on any atom is -0.484 e. The number of ketones is 1. The highest BCUT2D eigenvalue weighted by Gasteiger charge is 2.30. The monoisotopic (exact) mass is 412 g/mol. The molecule has 0 saturated heterocycles. The van der Waals surface area contributed by atoms with Crippen LogP contribution in [0.1, 0.15) is 28.8 Å². The topological polar surface area (TPSA) is 84.5 Å². The number of hydrazine groups is 1. The van der Waals surface area contributed by atoms with Gasteiger partial charge in [0, 0.05) is 18.4 Å². The fraction of sp³-hybridized carbons (Fsp3) is 0.211. The summed E-state index contributed by atoms with van der Waals surface area (Å²) in [4.78, 5) is 35.1. The van der Waals surface area contributed by atoms with Crippen LogP contribution in [-0.4, -0.2) is 24.2 Å². The molecule has 0 heterocycles. The van der Waals surface area contributed by atoms with Crippen LogP contribution in [0.25, 0.3) is 0 Å². The van der Waals surface area contributed by atoms with Gasteiger partial charge in [-0.2, -0.15) is 13.2 Å². The molecule has 0 atom stereocenters. The fourth-order valence-corrected chi connectivity index (χ4v) is 2.16. The lowest BCUT2D eigenvalue weighted by molar-refractivity contribution is -0.137. The molecule has 2 N–H and O–H groups in total. The van der Waals surface area contributed by atoms with E-state index in [2.05, 4.69) is 5.43 Å². The molecule has 0 saturated carbocycles. The number of benzene rings is 2. The van der Waals surface area contributed by atoms with Crippen molar-refractivity contribution in [3.8, 4) is 5.75 Å². The van der Waals surface area contributed by atoms with E-state index in [0.29, 0.717) is 0 Å². The van der Waals surface area contributed by atoms with Gasteiger partial charge in [-0.3, -0.25) is 25.2 Å². The van der Waals surface area contributed by atoms with Crippen LogP contribution in [0.2, 0.25) is 0 Å². The van der Waals surface area contributed by atoms with Crippen LogP contribution < -0.4 is 15.6 Å². The van der Waals surface area contributed by atoms with Crippen LogP contribution in [0.4, 0.5) is 17.6 Å². The summed E-state index contributed by atoms with van der Waals surface area (Å²) in [6.45, 7) is -0.629. The smallest absolute Gasteiger partial charge is 0.416 e. The van der Waals surface area contributed by atoms with Gasteiger partial charge in [-0.25, -0.2) is 4.39 Å². The van der Waals surface area contributed by atoms with E-state index >= 15 is 0 Å². The van der Waals surface area contributed by atoms with Crippen molar-refractivity contribution < 1.29 is 36.7 Å². The molecule has 2 rings (SSSR count). The maximum atomic E-state index is 12.8. The largest absolute Gasteiger partial charge is 0.484 e. The zero-order valence-corrected chi connectivity index (χ0v) is 14.9. The van der Waals surface area contributed by atoms with E-state index in [4.69, 9.17) is 4.74 Å². The van der Waals surface area contributed by atoms with Crippen molar-refractivity contribution in [1.29, 1.82) is 0 Å². The first kappa shape index (κ1) is 21.9. The second-order valence-corrected chi connectivity index (χ2v) is 5.84. The van der Waals surface area contributed by atoms with Crippen molar-refractivity contribution >= 4 is 17.6 Å². The zero-order chi connectivity index (χ0) is 21.4. The number of rotatable bonds is 7. The van der Waals surface area contributed by atoms with E-state index in [-0.39, 0.29) is 29.9 Å². The van der Waals surface area contributed by atoms with Gasteiger partial charge in [0.2, 0.25) is 5.91 Å². The van der Waals surface area contributed by atoms with Crippen molar-refractivity contribution in [1.82, 2.24) is 10.9 Å². The van der Waals surface area contributed by atoms with E-state index in [1.807, 2.05) is 5.43 Å². The van der Waals surface area contributed by atoms with E-state index in [9.17, 15) is 31.9 Å². The number of alkyl halides is 3. The number of hydrogen-bond acceptors (Lipinski definition) is 4.